The highest BCUT2D eigenvalue weighted by Crippen LogP contribution is 2.52. The fourth-order valence-corrected chi connectivity index (χ4v) is 6.48. The monoisotopic (exact) mass is 464 g/mol. The van der Waals surface area contributed by atoms with Crippen molar-refractivity contribution >= 4 is 28.4 Å². The maximum absolute atomic E-state index is 9.60. The van der Waals surface area contributed by atoms with Crippen molar-refractivity contribution in [2.45, 2.75) is 37.6 Å². The van der Waals surface area contributed by atoms with Gasteiger partial charge in [0.2, 0.25) is 0 Å². The Bertz CT molecular complexity index is 1670. The van der Waals surface area contributed by atoms with Crippen LogP contribution in [0.3, 0.4) is 0 Å². The summed E-state index contributed by atoms with van der Waals surface area (Å²) in [4.78, 5) is 2.54. The van der Waals surface area contributed by atoms with Gasteiger partial charge in [0.05, 0.1) is 28.9 Å². The molecule has 4 nitrogen and oxygen atoms in total. The molecule has 2 aliphatic carbocycles. The van der Waals surface area contributed by atoms with Gasteiger partial charge in [-0.3, -0.25) is 0 Å². The molecule has 4 heteroatoms. The first-order valence-electron chi connectivity index (χ1n) is 12.6. The standard InChI is InChI=1S/C32H24N4/c33-19-21-12-15-23(16-13-21)35-28-9-4-2-7-25(28)32-30(35)10-5-11-31(32)36-27-8-3-1-6-24(27)26-18-22(20-34)14-17-29(26)36/h1-3,5-8,10-13,15-16,18,26,29H,4,9,14,17H2. The molecule has 3 aromatic carbocycles. The number of anilines is 2. The quantitative estimate of drug-likeness (QED) is 0.312. The van der Waals surface area contributed by atoms with Gasteiger partial charge in [0.15, 0.2) is 0 Å². The van der Waals surface area contributed by atoms with Crippen LogP contribution in [0.2, 0.25) is 0 Å². The minimum absolute atomic E-state index is 0.229. The van der Waals surface area contributed by atoms with Gasteiger partial charge in [0.1, 0.15) is 0 Å². The lowest BCUT2D eigenvalue weighted by Gasteiger charge is -2.33. The van der Waals surface area contributed by atoms with Crippen molar-refractivity contribution in [3.05, 3.63) is 107 Å². The number of nitriles is 2. The van der Waals surface area contributed by atoms with E-state index in [0.717, 1.165) is 36.9 Å². The highest BCUT2D eigenvalue weighted by Gasteiger charge is 2.41. The van der Waals surface area contributed by atoms with Crippen LogP contribution in [0, 0.1) is 22.7 Å². The molecule has 0 N–H and O–H groups in total. The summed E-state index contributed by atoms with van der Waals surface area (Å²) in [5, 5.41) is 20.2. The SMILES string of the molecule is N#CC1=CC2c3ccccc3N(c3cccc4c3c3c(n4-c4ccc(C#N)cc4)CCC=C3)C2CC1. The molecule has 1 aliphatic heterocycles. The average Bonchev–Trinajstić information content (AvgIpc) is 3.46. The zero-order chi connectivity index (χ0) is 24.2. The van der Waals surface area contributed by atoms with Crippen molar-refractivity contribution in [3.8, 4) is 17.8 Å². The van der Waals surface area contributed by atoms with Crippen LogP contribution in [-0.2, 0) is 6.42 Å². The molecule has 4 aromatic rings. The van der Waals surface area contributed by atoms with Crippen LogP contribution in [0.15, 0.2) is 84.5 Å². The first kappa shape index (κ1) is 20.8. The van der Waals surface area contributed by atoms with Crippen molar-refractivity contribution in [1.29, 1.82) is 10.5 Å². The average molecular weight is 465 g/mol. The zero-order valence-corrected chi connectivity index (χ0v) is 19.9. The van der Waals surface area contributed by atoms with Crippen molar-refractivity contribution in [2.75, 3.05) is 4.90 Å². The third-order valence-corrected chi connectivity index (χ3v) is 7.99. The van der Waals surface area contributed by atoms with E-state index < -0.39 is 0 Å². The number of hydrogen-bond acceptors (Lipinski definition) is 3. The second-order valence-corrected chi connectivity index (χ2v) is 9.83. The number of hydrogen-bond donors (Lipinski definition) is 0. The van der Waals surface area contributed by atoms with Crippen molar-refractivity contribution < 1.29 is 0 Å². The fourth-order valence-electron chi connectivity index (χ4n) is 6.48. The second kappa shape index (κ2) is 8.01. The first-order chi connectivity index (χ1) is 17.8. The topological polar surface area (TPSA) is 55.8 Å². The molecule has 0 radical (unpaired) electrons. The minimum Gasteiger partial charge on any atom is -0.337 e. The van der Waals surface area contributed by atoms with Crippen LogP contribution in [-0.4, -0.2) is 10.6 Å². The van der Waals surface area contributed by atoms with E-state index in [1.807, 2.05) is 12.1 Å². The van der Waals surface area contributed by atoms with Crippen LogP contribution in [0.25, 0.3) is 22.7 Å². The van der Waals surface area contributed by atoms with Gasteiger partial charge in [-0.1, -0.05) is 42.5 Å². The molecule has 2 atom stereocenters. The number of allylic oxidation sites excluding steroid dienone is 2. The van der Waals surface area contributed by atoms with E-state index in [1.54, 1.807) is 0 Å². The molecular weight excluding hydrogens is 440 g/mol. The number of aromatic nitrogens is 1. The van der Waals surface area contributed by atoms with E-state index in [9.17, 15) is 10.5 Å². The number of para-hydroxylation sites is 1. The van der Waals surface area contributed by atoms with E-state index in [2.05, 4.69) is 94.4 Å². The molecular formula is C32H24N4. The molecule has 0 bridgehead atoms. The van der Waals surface area contributed by atoms with E-state index in [-0.39, 0.29) is 5.92 Å². The second-order valence-electron chi connectivity index (χ2n) is 9.83. The summed E-state index contributed by atoms with van der Waals surface area (Å²) < 4.78 is 2.38. The van der Waals surface area contributed by atoms with Crippen LogP contribution in [0.1, 0.15) is 47.6 Å². The van der Waals surface area contributed by atoms with Crippen molar-refractivity contribution in [2.24, 2.45) is 0 Å². The van der Waals surface area contributed by atoms with Crippen molar-refractivity contribution in [1.82, 2.24) is 4.57 Å². The molecule has 7 rings (SSSR count). The van der Waals surface area contributed by atoms with Crippen molar-refractivity contribution in [3.63, 3.8) is 0 Å². The summed E-state index contributed by atoms with van der Waals surface area (Å²) in [5.74, 6) is 0.229. The Kier molecular flexibility index (Phi) is 4.63. The molecule has 172 valence electrons. The molecule has 0 saturated heterocycles. The number of benzene rings is 3. The predicted molar refractivity (Wildman–Crippen MR) is 143 cm³/mol. The van der Waals surface area contributed by atoms with Gasteiger partial charge >= 0.3 is 0 Å². The van der Waals surface area contributed by atoms with Gasteiger partial charge in [-0.25, -0.2) is 0 Å². The van der Waals surface area contributed by atoms with Crippen LogP contribution >= 0.6 is 0 Å². The lowest BCUT2D eigenvalue weighted by Crippen LogP contribution is -2.31. The Morgan fingerprint density at radius 3 is 2.50 bits per heavy atom. The lowest BCUT2D eigenvalue weighted by molar-refractivity contribution is 0.558. The Morgan fingerprint density at radius 1 is 0.833 bits per heavy atom. The van der Waals surface area contributed by atoms with Gasteiger partial charge in [0.25, 0.3) is 0 Å². The summed E-state index contributed by atoms with van der Waals surface area (Å²) >= 11 is 0. The van der Waals surface area contributed by atoms with Gasteiger partial charge in [-0.2, -0.15) is 10.5 Å². The molecule has 2 heterocycles. The van der Waals surface area contributed by atoms with Gasteiger partial charge in [-0.05, 0) is 73.7 Å². The van der Waals surface area contributed by atoms with E-state index >= 15 is 0 Å². The number of rotatable bonds is 2. The van der Waals surface area contributed by atoms with Crippen LogP contribution in [0.4, 0.5) is 11.4 Å². The molecule has 1 aromatic heterocycles. The summed E-state index contributed by atoms with van der Waals surface area (Å²) in [6.07, 6.45) is 10.6. The third-order valence-electron chi connectivity index (χ3n) is 7.99. The Morgan fingerprint density at radius 2 is 1.67 bits per heavy atom. The molecule has 0 fully saturated rings. The van der Waals surface area contributed by atoms with Gasteiger partial charge < -0.3 is 9.47 Å². The fraction of sp³-hybridized carbons (Fsp3) is 0.188. The van der Waals surface area contributed by atoms with E-state index in [4.69, 9.17) is 0 Å². The summed E-state index contributed by atoms with van der Waals surface area (Å²) in [7, 11) is 0. The zero-order valence-electron chi connectivity index (χ0n) is 19.9. The maximum atomic E-state index is 9.60. The molecule has 0 saturated carbocycles. The summed E-state index contributed by atoms with van der Waals surface area (Å²) in [5.41, 5.74) is 10.3. The third kappa shape index (κ3) is 2.92. The molecule has 2 unspecified atom stereocenters. The largest absolute Gasteiger partial charge is 0.337 e. The van der Waals surface area contributed by atoms with Gasteiger partial charge in [-0.15, -0.1) is 0 Å². The summed E-state index contributed by atoms with van der Waals surface area (Å²) in [6.45, 7) is 0. The van der Waals surface area contributed by atoms with Crippen LogP contribution in [0.5, 0.6) is 0 Å². The number of fused-ring (bicyclic) bond motifs is 6. The normalized spacial score (nSPS) is 19.7. The Hall–Kier alpha value is -4.54. The highest BCUT2D eigenvalue weighted by atomic mass is 15.2. The van der Waals surface area contributed by atoms with Gasteiger partial charge in [0, 0.05) is 45.6 Å². The molecule has 0 spiro atoms. The summed E-state index contributed by atoms with van der Waals surface area (Å²) in [6, 6.07) is 28.2. The first-order valence-corrected chi connectivity index (χ1v) is 12.6. The van der Waals surface area contributed by atoms with E-state index in [0.29, 0.717) is 11.6 Å². The minimum atomic E-state index is 0.229. The maximum Gasteiger partial charge on any atom is 0.0991 e. The molecule has 0 amide bonds. The molecule has 3 aliphatic rings. The highest BCUT2D eigenvalue weighted by molar-refractivity contribution is 6.04. The van der Waals surface area contributed by atoms with Crippen LogP contribution < -0.4 is 4.90 Å². The Labute approximate surface area is 210 Å². The smallest absolute Gasteiger partial charge is 0.0991 e. The lowest BCUT2D eigenvalue weighted by atomic mass is 9.84. The molecule has 36 heavy (non-hydrogen) atoms. The van der Waals surface area contributed by atoms with E-state index in [1.165, 1.54) is 39.1 Å². The Balaban J connectivity index is 1.48. The predicted octanol–water partition coefficient (Wildman–Crippen LogP) is 7.31. The number of nitrogens with zero attached hydrogens (tertiary/aromatic N) is 4.